The fraction of sp³-hybridized carbons (Fsp3) is 0.100. The third-order valence-corrected chi connectivity index (χ3v) is 10.2. The molecule has 170 valence electrons. The van der Waals surface area contributed by atoms with E-state index in [1.807, 2.05) is 12.1 Å². The van der Waals surface area contributed by atoms with Crippen molar-refractivity contribution in [3.8, 4) is 0 Å². The Morgan fingerprint density at radius 1 is 0.706 bits per heavy atom. The normalized spacial score (nSPS) is 11.3. The second-order valence-electron chi connectivity index (χ2n) is 7.86. The molecule has 0 amide bonds. The average molecular weight is 468 g/mol. The molecule has 0 heterocycles. The first-order valence-corrected chi connectivity index (χ1v) is 13.2. The molecule has 3 nitrogen and oxygen atoms in total. The fourth-order valence-corrected chi connectivity index (χ4v) is 8.45. The Kier molecular flexibility index (Phi) is 7.91. The molecule has 4 rings (SSSR count). The summed E-state index contributed by atoms with van der Waals surface area (Å²) in [5.74, 6) is -0.403. The molecule has 0 saturated heterocycles. The molecule has 0 aliphatic carbocycles. The van der Waals surface area contributed by atoms with Gasteiger partial charge in [-0.25, -0.2) is 4.79 Å². The maximum atomic E-state index is 11.4. The number of carbonyl (C=O) groups excluding carboxylic acids is 1. The van der Waals surface area contributed by atoms with Crippen molar-refractivity contribution in [2.24, 2.45) is 0 Å². The summed E-state index contributed by atoms with van der Waals surface area (Å²) in [7, 11) is -0.659. The lowest BCUT2D eigenvalue weighted by Crippen LogP contribution is -2.32. The molecule has 4 aromatic rings. The highest BCUT2D eigenvalue weighted by Gasteiger charge is 2.45. The predicted octanol–water partition coefficient (Wildman–Crippen LogP) is 5.34. The Morgan fingerprint density at radius 2 is 1.18 bits per heavy atom. The minimum atomic E-state index is -2.01. The monoisotopic (exact) mass is 467 g/mol. The van der Waals surface area contributed by atoms with Gasteiger partial charge in [0, 0.05) is 0 Å². The molecule has 4 heteroatoms. The molecule has 0 N–H and O–H groups in total. The largest absolute Gasteiger partial charge is 0.489 e. The van der Waals surface area contributed by atoms with Crippen LogP contribution in [0.15, 0.2) is 122 Å². The number of esters is 1. The van der Waals surface area contributed by atoms with Crippen molar-refractivity contribution in [3.05, 3.63) is 133 Å². The summed E-state index contributed by atoms with van der Waals surface area (Å²) in [6.45, 7) is -0.107. The smallest absolute Gasteiger partial charge is 0.343 e. The van der Waals surface area contributed by atoms with E-state index in [9.17, 15) is 4.79 Å². The molecule has 0 atom stereocenters. The van der Waals surface area contributed by atoms with Gasteiger partial charge in [-0.2, -0.15) is 0 Å². The summed E-state index contributed by atoms with van der Waals surface area (Å²) >= 11 is 0. The van der Waals surface area contributed by atoms with Crippen LogP contribution in [0.5, 0.6) is 0 Å². The molecule has 34 heavy (non-hydrogen) atoms. The number of carbonyl (C=O) groups is 1. The second kappa shape index (κ2) is 11.4. The van der Waals surface area contributed by atoms with Gasteiger partial charge in [0.25, 0.3) is 0 Å². The van der Waals surface area contributed by atoms with E-state index in [1.165, 1.54) is 28.6 Å². The lowest BCUT2D eigenvalue weighted by Gasteiger charge is -2.28. The van der Waals surface area contributed by atoms with Gasteiger partial charge in [0.05, 0.1) is 19.5 Å². The first-order chi connectivity index (χ1) is 16.7. The van der Waals surface area contributed by atoms with Gasteiger partial charge in [-0.1, -0.05) is 78.9 Å². The van der Waals surface area contributed by atoms with E-state index in [-0.39, 0.29) is 6.61 Å². The van der Waals surface area contributed by atoms with Crippen LogP contribution < -0.4 is 15.9 Å². The lowest BCUT2D eigenvalue weighted by atomic mass is 10.1. The molecule has 0 fully saturated rings. The van der Waals surface area contributed by atoms with E-state index in [1.54, 1.807) is 6.26 Å². The SMILES string of the molecule is COC(=O)COC=Cc1ccccc1C[P+](c1ccccc1)(c1ccccc1)c1ccccc1. The Bertz CT molecular complexity index is 1120. The lowest BCUT2D eigenvalue weighted by molar-refractivity contribution is -0.143. The Labute approximate surface area is 202 Å². The molecule has 0 bridgehead atoms. The molecule has 0 aliphatic heterocycles. The van der Waals surface area contributed by atoms with Crippen molar-refractivity contribution in [3.63, 3.8) is 0 Å². The molecule has 0 saturated carbocycles. The number of hydrogen-bond acceptors (Lipinski definition) is 3. The molecular weight excluding hydrogens is 439 g/mol. The third kappa shape index (κ3) is 5.27. The van der Waals surface area contributed by atoms with Gasteiger partial charge >= 0.3 is 5.97 Å². The Hall–Kier alpha value is -3.68. The van der Waals surface area contributed by atoms with Crippen LogP contribution in [0.3, 0.4) is 0 Å². The van der Waals surface area contributed by atoms with E-state index in [0.717, 1.165) is 11.7 Å². The quantitative estimate of drug-likeness (QED) is 0.189. The van der Waals surface area contributed by atoms with Crippen molar-refractivity contribution >= 4 is 35.2 Å². The summed E-state index contributed by atoms with van der Waals surface area (Å²) in [5.41, 5.74) is 2.30. The predicted molar refractivity (Wildman–Crippen MR) is 142 cm³/mol. The third-order valence-electron chi connectivity index (χ3n) is 5.83. The first-order valence-electron chi connectivity index (χ1n) is 11.2. The topological polar surface area (TPSA) is 35.5 Å². The average Bonchev–Trinajstić information content (AvgIpc) is 2.91. The van der Waals surface area contributed by atoms with Gasteiger partial charge in [-0.3, -0.25) is 0 Å². The summed E-state index contributed by atoms with van der Waals surface area (Å²) in [4.78, 5) is 11.4. The highest BCUT2D eigenvalue weighted by Crippen LogP contribution is 2.58. The van der Waals surface area contributed by atoms with Gasteiger partial charge in [0.2, 0.25) is 0 Å². The molecule has 0 unspecified atom stereocenters. The minimum absolute atomic E-state index is 0.107. The maximum absolute atomic E-state index is 11.4. The van der Waals surface area contributed by atoms with Crippen molar-refractivity contribution in [2.45, 2.75) is 6.16 Å². The zero-order chi connectivity index (χ0) is 23.6. The first kappa shape index (κ1) is 23.5. The zero-order valence-electron chi connectivity index (χ0n) is 19.2. The van der Waals surface area contributed by atoms with Gasteiger partial charge in [0.15, 0.2) is 6.61 Å². The van der Waals surface area contributed by atoms with Crippen LogP contribution in [-0.4, -0.2) is 19.7 Å². The van der Waals surface area contributed by atoms with Crippen LogP contribution in [0.4, 0.5) is 0 Å². The van der Waals surface area contributed by atoms with Crippen LogP contribution in [0.2, 0.25) is 0 Å². The van der Waals surface area contributed by atoms with Crippen molar-refractivity contribution in [1.29, 1.82) is 0 Å². The molecular formula is C30H28O3P+. The van der Waals surface area contributed by atoms with Gasteiger partial charge in [-0.05, 0) is 53.6 Å². The van der Waals surface area contributed by atoms with E-state index in [2.05, 4.69) is 114 Å². The number of hydrogen-bond donors (Lipinski definition) is 0. The van der Waals surface area contributed by atoms with Crippen LogP contribution in [-0.2, 0) is 20.4 Å². The van der Waals surface area contributed by atoms with Gasteiger partial charge in [0.1, 0.15) is 23.2 Å². The number of rotatable bonds is 9. The van der Waals surface area contributed by atoms with E-state index >= 15 is 0 Å². The molecule has 4 aromatic carbocycles. The Morgan fingerprint density at radius 3 is 1.68 bits per heavy atom. The molecule has 0 radical (unpaired) electrons. The second-order valence-corrected chi connectivity index (χ2v) is 11.3. The number of ether oxygens (including phenoxy) is 2. The number of methoxy groups -OCH3 is 1. The summed E-state index contributed by atoms with van der Waals surface area (Å²) in [6.07, 6.45) is 4.36. The summed E-state index contributed by atoms with van der Waals surface area (Å²) < 4.78 is 10.0. The van der Waals surface area contributed by atoms with E-state index < -0.39 is 13.2 Å². The van der Waals surface area contributed by atoms with Crippen LogP contribution in [0.1, 0.15) is 11.1 Å². The fourth-order valence-electron chi connectivity index (χ4n) is 4.16. The van der Waals surface area contributed by atoms with Crippen LogP contribution >= 0.6 is 7.26 Å². The Balaban J connectivity index is 1.83. The van der Waals surface area contributed by atoms with E-state index in [4.69, 9.17) is 4.74 Å². The van der Waals surface area contributed by atoms with Crippen molar-refractivity contribution < 1.29 is 14.3 Å². The minimum Gasteiger partial charge on any atom is -0.489 e. The molecule has 0 aliphatic rings. The van der Waals surface area contributed by atoms with Gasteiger partial charge < -0.3 is 9.47 Å². The number of benzene rings is 4. The molecule has 0 aromatic heterocycles. The summed E-state index contributed by atoms with van der Waals surface area (Å²) in [5, 5.41) is 4.02. The molecule has 0 spiro atoms. The zero-order valence-corrected chi connectivity index (χ0v) is 20.1. The van der Waals surface area contributed by atoms with Gasteiger partial charge in [-0.15, -0.1) is 0 Å². The maximum Gasteiger partial charge on any atom is 0.343 e. The highest BCUT2D eigenvalue weighted by atomic mass is 31.2. The summed E-state index contributed by atoms with van der Waals surface area (Å²) in [6, 6.07) is 40.9. The highest BCUT2D eigenvalue weighted by molar-refractivity contribution is 7.95. The van der Waals surface area contributed by atoms with Crippen LogP contribution in [0.25, 0.3) is 6.08 Å². The van der Waals surface area contributed by atoms with Crippen LogP contribution in [0, 0.1) is 0 Å². The standard InChI is InChI=1S/C30H28O3P/c1-32-30(31)23-33-22-21-25-13-11-12-14-26(25)24-34(27-15-5-2-6-16-27,28-17-7-3-8-18-28)29-19-9-4-10-20-29/h2-22H,23-24H2,1H3/q+1. The van der Waals surface area contributed by atoms with E-state index in [0.29, 0.717) is 0 Å². The van der Waals surface area contributed by atoms with Crippen molar-refractivity contribution in [1.82, 2.24) is 0 Å². The van der Waals surface area contributed by atoms with Crippen molar-refractivity contribution in [2.75, 3.05) is 13.7 Å².